The lowest BCUT2D eigenvalue weighted by atomic mass is 10.1. The molecule has 8 nitrogen and oxygen atoms in total. The number of carbonyl (C=O) groups is 1. The Balaban J connectivity index is 1.31. The van der Waals surface area contributed by atoms with Gasteiger partial charge in [-0.05, 0) is 25.1 Å². The Kier molecular flexibility index (Phi) is 5.33. The summed E-state index contributed by atoms with van der Waals surface area (Å²) in [6.07, 6.45) is 1.44. The molecule has 0 radical (unpaired) electrons. The van der Waals surface area contributed by atoms with Crippen LogP contribution in [-0.2, 0) is 6.54 Å². The minimum absolute atomic E-state index is 0.207. The number of carbonyl (C=O) groups excluding carboxylic acids is 1. The van der Waals surface area contributed by atoms with E-state index in [0.29, 0.717) is 28.6 Å². The van der Waals surface area contributed by atoms with Crippen LogP contribution in [0.1, 0.15) is 21.7 Å². The minimum Gasteiger partial charge on any atom is -0.459 e. The van der Waals surface area contributed by atoms with E-state index in [4.69, 9.17) is 4.42 Å². The summed E-state index contributed by atoms with van der Waals surface area (Å²) in [4.78, 5) is 35.5. The lowest BCUT2D eigenvalue weighted by Crippen LogP contribution is -2.46. The van der Waals surface area contributed by atoms with Crippen LogP contribution in [0.15, 0.2) is 45.8 Å². The second-order valence-corrected chi connectivity index (χ2v) is 8.22. The van der Waals surface area contributed by atoms with Crippen LogP contribution >= 0.6 is 0 Å². The van der Waals surface area contributed by atoms with Gasteiger partial charge in [-0.2, -0.15) is 0 Å². The van der Waals surface area contributed by atoms with Gasteiger partial charge in [0.05, 0.1) is 23.2 Å². The molecule has 3 aromatic heterocycles. The van der Waals surface area contributed by atoms with Crippen molar-refractivity contribution in [2.24, 2.45) is 0 Å². The van der Waals surface area contributed by atoms with Crippen molar-refractivity contribution in [3.63, 3.8) is 0 Å². The number of hydrogen-bond donors (Lipinski definition) is 2. The van der Waals surface area contributed by atoms with Gasteiger partial charge in [0.2, 0.25) is 0 Å². The third-order valence-corrected chi connectivity index (χ3v) is 6.25. The van der Waals surface area contributed by atoms with Crippen molar-refractivity contribution in [3.05, 3.63) is 69.7 Å². The molecule has 1 aliphatic rings. The van der Waals surface area contributed by atoms with Crippen LogP contribution in [0.4, 0.5) is 10.1 Å². The summed E-state index contributed by atoms with van der Waals surface area (Å²) in [5.74, 6) is -0.610. The molecule has 0 aliphatic carbocycles. The number of rotatable bonds is 4. The third kappa shape index (κ3) is 3.74. The number of aromatic amines is 1. The number of amides is 1. The third-order valence-electron chi connectivity index (χ3n) is 6.25. The molecule has 0 atom stereocenters. The standard InChI is InChI=1S/C24H24FN5O3/c1-14-19(6-5-18(27-14)23(31)26-2)30-10-8-29(9-11-30)13-15-3-4-16-17-7-12-33-22(17)24(32)28-21(16)20(15)25/h3-7,12H,8-11,13H2,1-2H3,(H,26,31)(H,28,32). The van der Waals surface area contributed by atoms with E-state index in [1.54, 1.807) is 25.2 Å². The van der Waals surface area contributed by atoms with E-state index in [0.717, 1.165) is 37.6 Å². The number of aryl methyl sites for hydroxylation is 1. The number of benzene rings is 1. The molecule has 4 aromatic rings. The van der Waals surface area contributed by atoms with E-state index in [1.807, 2.05) is 19.1 Å². The molecular formula is C24H24FN5O3. The van der Waals surface area contributed by atoms with Crippen molar-refractivity contribution in [1.82, 2.24) is 20.2 Å². The van der Waals surface area contributed by atoms with Crippen molar-refractivity contribution in [1.29, 1.82) is 0 Å². The Hall–Kier alpha value is -3.72. The summed E-state index contributed by atoms with van der Waals surface area (Å²) in [6, 6.07) is 8.96. The molecule has 0 spiro atoms. The van der Waals surface area contributed by atoms with Crippen LogP contribution < -0.4 is 15.8 Å². The highest BCUT2D eigenvalue weighted by Crippen LogP contribution is 2.27. The number of nitrogens with one attached hydrogen (secondary N) is 2. The van der Waals surface area contributed by atoms with Gasteiger partial charge in [-0.1, -0.05) is 12.1 Å². The maximum Gasteiger partial charge on any atom is 0.292 e. The Morgan fingerprint density at radius 1 is 1.15 bits per heavy atom. The van der Waals surface area contributed by atoms with Crippen molar-refractivity contribution in [3.8, 4) is 0 Å². The highest BCUT2D eigenvalue weighted by molar-refractivity contribution is 6.03. The van der Waals surface area contributed by atoms with Crippen molar-refractivity contribution < 1.29 is 13.6 Å². The Morgan fingerprint density at radius 3 is 2.67 bits per heavy atom. The largest absolute Gasteiger partial charge is 0.459 e. The fourth-order valence-corrected chi connectivity index (χ4v) is 4.49. The topological polar surface area (TPSA) is 94.5 Å². The number of hydrogen-bond acceptors (Lipinski definition) is 6. The quantitative estimate of drug-likeness (QED) is 0.498. The number of piperazine rings is 1. The van der Waals surface area contributed by atoms with Crippen LogP contribution in [0.3, 0.4) is 0 Å². The normalized spacial score (nSPS) is 14.8. The molecule has 4 heterocycles. The number of aromatic nitrogens is 2. The first-order valence-corrected chi connectivity index (χ1v) is 10.8. The zero-order valence-corrected chi connectivity index (χ0v) is 18.4. The lowest BCUT2D eigenvalue weighted by molar-refractivity contribution is 0.0958. The number of pyridine rings is 2. The van der Waals surface area contributed by atoms with Gasteiger partial charge in [-0.3, -0.25) is 14.5 Å². The molecule has 5 rings (SSSR count). The SMILES string of the molecule is CNC(=O)c1ccc(N2CCN(Cc3ccc4c([nH]c(=O)c5occc54)c3F)CC2)c(C)n1. The smallest absolute Gasteiger partial charge is 0.292 e. The van der Waals surface area contributed by atoms with Crippen LogP contribution in [0.2, 0.25) is 0 Å². The number of furan rings is 1. The number of H-pyrrole nitrogens is 1. The number of anilines is 1. The summed E-state index contributed by atoms with van der Waals surface area (Å²) >= 11 is 0. The molecule has 1 saturated heterocycles. The van der Waals surface area contributed by atoms with E-state index in [-0.39, 0.29) is 17.0 Å². The van der Waals surface area contributed by atoms with E-state index in [1.165, 1.54) is 6.26 Å². The monoisotopic (exact) mass is 449 g/mol. The Labute approximate surface area is 189 Å². The molecule has 33 heavy (non-hydrogen) atoms. The van der Waals surface area contributed by atoms with E-state index >= 15 is 4.39 Å². The van der Waals surface area contributed by atoms with Gasteiger partial charge >= 0.3 is 0 Å². The van der Waals surface area contributed by atoms with Gasteiger partial charge in [-0.15, -0.1) is 0 Å². The molecule has 1 amide bonds. The minimum atomic E-state index is -0.432. The first-order valence-electron chi connectivity index (χ1n) is 10.8. The van der Waals surface area contributed by atoms with Gasteiger partial charge in [0.1, 0.15) is 5.69 Å². The zero-order valence-electron chi connectivity index (χ0n) is 18.4. The van der Waals surface area contributed by atoms with Gasteiger partial charge < -0.3 is 19.6 Å². The predicted octanol–water partition coefficient (Wildman–Crippen LogP) is 2.80. The van der Waals surface area contributed by atoms with Crippen molar-refractivity contribution in [2.45, 2.75) is 13.5 Å². The van der Waals surface area contributed by atoms with E-state index in [2.05, 4.69) is 25.1 Å². The van der Waals surface area contributed by atoms with Gasteiger partial charge in [0.15, 0.2) is 11.4 Å². The first-order chi connectivity index (χ1) is 16.0. The molecule has 0 saturated carbocycles. The van der Waals surface area contributed by atoms with E-state index < -0.39 is 11.4 Å². The second-order valence-electron chi connectivity index (χ2n) is 8.22. The van der Waals surface area contributed by atoms with E-state index in [9.17, 15) is 9.59 Å². The maximum atomic E-state index is 15.3. The molecule has 1 aliphatic heterocycles. The molecule has 2 N–H and O–H groups in total. The summed E-state index contributed by atoms with van der Waals surface area (Å²) in [7, 11) is 1.58. The molecule has 0 unspecified atom stereocenters. The highest BCUT2D eigenvalue weighted by atomic mass is 19.1. The van der Waals surface area contributed by atoms with Crippen LogP contribution in [0, 0.1) is 12.7 Å². The average Bonchev–Trinajstić information content (AvgIpc) is 3.32. The number of halogens is 1. The lowest BCUT2D eigenvalue weighted by Gasteiger charge is -2.36. The molecule has 1 fully saturated rings. The molecule has 0 bridgehead atoms. The fraction of sp³-hybridized carbons (Fsp3) is 0.292. The van der Waals surface area contributed by atoms with Gasteiger partial charge in [0.25, 0.3) is 11.5 Å². The summed E-state index contributed by atoms with van der Waals surface area (Å²) < 4.78 is 20.5. The second kappa shape index (κ2) is 8.32. The predicted molar refractivity (Wildman–Crippen MR) is 124 cm³/mol. The summed E-state index contributed by atoms with van der Waals surface area (Å²) in [5.41, 5.74) is 2.73. The van der Waals surface area contributed by atoms with Crippen molar-refractivity contribution in [2.75, 3.05) is 38.1 Å². The molecule has 1 aromatic carbocycles. The molecule has 170 valence electrons. The van der Waals surface area contributed by atoms with Gasteiger partial charge in [0, 0.05) is 56.1 Å². The fourth-order valence-electron chi connectivity index (χ4n) is 4.49. The number of fused-ring (bicyclic) bond motifs is 3. The zero-order chi connectivity index (χ0) is 23.1. The van der Waals surface area contributed by atoms with Gasteiger partial charge in [-0.25, -0.2) is 9.37 Å². The van der Waals surface area contributed by atoms with Crippen LogP contribution in [0.25, 0.3) is 21.9 Å². The first kappa shape index (κ1) is 21.1. The molecular weight excluding hydrogens is 425 g/mol. The number of nitrogens with zero attached hydrogens (tertiary/aromatic N) is 3. The summed E-state index contributed by atoms with van der Waals surface area (Å²) in [6.45, 7) is 5.40. The highest BCUT2D eigenvalue weighted by Gasteiger charge is 2.22. The average molecular weight is 449 g/mol. The Morgan fingerprint density at radius 2 is 1.94 bits per heavy atom. The summed E-state index contributed by atoms with van der Waals surface area (Å²) in [5, 5.41) is 3.83. The Bertz CT molecular complexity index is 1420. The van der Waals surface area contributed by atoms with Crippen molar-refractivity contribution >= 4 is 33.5 Å². The van der Waals surface area contributed by atoms with Crippen LogP contribution in [0.5, 0.6) is 0 Å². The maximum absolute atomic E-state index is 15.3. The van der Waals surface area contributed by atoms with Crippen LogP contribution in [-0.4, -0.2) is 54.0 Å². The molecule has 9 heteroatoms.